The summed E-state index contributed by atoms with van der Waals surface area (Å²) in [7, 11) is -3.69. The Morgan fingerprint density at radius 3 is 2.52 bits per heavy atom. The molecule has 0 saturated heterocycles. The number of nitrogens with one attached hydrogen (secondary N) is 1. The molecule has 0 aliphatic rings. The molecule has 0 fully saturated rings. The van der Waals surface area contributed by atoms with Crippen LogP contribution in [0, 0.1) is 13.8 Å². The zero-order valence-corrected chi connectivity index (χ0v) is 14.1. The summed E-state index contributed by atoms with van der Waals surface area (Å²) in [6.07, 6.45) is 0. The maximum atomic E-state index is 12.4. The first-order valence-corrected chi connectivity index (χ1v) is 8.60. The van der Waals surface area contributed by atoms with Gasteiger partial charge in [0, 0.05) is 4.47 Å². The van der Waals surface area contributed by atoms with Gasteiger partial charge in [0.25, 0.3) is 10.0 Å². The third-order valence-electron chi connectivity index (χ3n) is 3.06. The fourth-order valence-corrected chi connectivity index (χ4v) is 4.18. The Kier molecular flexibility index (Phi) is 4.70. The van der Waals surface area contributed by atoms with Gasteiger partial charge < -0.3 is 5.11 Å². The number of aliphatic hydroxyl groups excluding tert-OH is 1. The highest BCUT2D eigenvalue weighted by Crippen LogP contribution is 2.30. The molecule has 2 N–H and O–H groups in total. The van der Waals surface area contributed by atoms with Gasteiger partial charge in [0.2, 0.25) is 0 Å². The number of hydrogen-bond donors (Lipinski definition) is 2. The molecule has 21 heavy (non-hydrogen) atoms. The van der Waals surface area contributed by atoms with E-state index in [2.05, 4.69) is 20.7 Å². The van der Waals surface area contributed by atoms with Gasteiger partial charge in [0.05, 0.1) is 17.2 Å². The van der Waals surface area contributed by atoms with Crippen molar-refractivity contribution in [1.29, 1.82) is 0 Å². The Balaban J connectivity index is 2.42. The lowest BCUT2D eigenvalue weighted by Gasteiger charge is -2.13. The molecular weight excluding hydrogens is 354 g/mol. The summed E-state index contributed by atoms with van der Waals surface area (Å²) in [5.41, 5.74) is 2.96. The van der Waals surface area contributed by atoms with Gasteiger partial charge in [-0.25, -0.2) is 8.42 Å². The van der Waals surface area contributed by atoms with Crippen molar-refractivity contribution in [2.75, 3.05) is 4.72 Å². The van der Waals surface area contributed by atoms with Gasteiger partial charge in [-0.3, -0.25) is 4.72 Å². The number of benzene rings is 2. The summed E-state index contributed by atoms with van der Waals surface area (Å²) in [6.45, 7) is 3.59. The average Bonchev–Trinajstić information content (AvgIpc) is 2.43. The van der Waals surface area contributed by atoms with Crippen molar-refractivity contribution in [3.8, 4) is 0 Å². The molecule has 0 aromatic heterocycles. The lowest BCUT2D eigenvalue weighted by molar-refractivity contribution is 0.281. The second-order valence-electron chi connectivity index (χ2n) is 4.85. The molecule has 112 valence electrons. The van der Waals surface area contributed by atoms with Gasteiger partial charge in [0.1, 0.15) is 0 Å². The van der Waals surface area contributed by atoms with Crippen LogP contribution in [0.15, 0.2) is 45.8 Å². The van der Waals surface area contributed by atoms with E-state index in [1.54, 1.807) is 12.1 Å². The van der Waals surface area contributed by atoms with Crippen LogP contribution in [0.3, 0.4) is 0 Å². The lowest BCUT2D eigenvalue weighted by atomic mass is 10.1. The third-order valence-corrected chi connectivity index (χ3v) is 5.03. The summed E-state index contributed by atoms with van der Waals surface area (Å²) in [5.74, 6) is 0. The van der Waals surface area contributed by atoms with Crippen molar-refractivity contribution in [2.45, 2.75) is 25.3 Å². The van der Waals surface area contributed by atoms with E-state index in [4.69, 9.17) is 5.11 Å². The Hall–Kier alpha value is -1.37. The summed E-state index contributed by atoms with van der Waals surface area (Å²) < 4.78 is 28.2. The highest BCUT2D eigenvalue weighted by atomic mass is 79.9. The number of hydrogen-bond acceptors (Lipinski definition) is 3. The summed E-state index contributed by atoms with van der Waals surface area (Å²) in [4.78, 5) is 0.126. The van der Waals surface area contributed by atoms with Gasteiger partial charge in [-0.15, -0.1) is 0 Å². The van der Waals surface area contributed by atoms with Crippen LogP contribution in [0.4, 0.5) is 5.69 Å². The molecule has 6 heteroatoms. The van der Waals surface area contributed by atoms with Gasteiger partial charge >= 0.3 is 0 Å². The smallest absolute Gasteiger partial charge is 0.261 e. The van der Waals surface area contributed by atoms with Gasteiger partial charge in [-0.2, -0.15) is 0 Å². The van der Waals surface area contributed by atoms with Crippen LogP contribution in [0.5, 0.6) is 0 Å². The van der Waals surface area contributed by atoms with E-state index in [9.17, 15) is 8.42 Å². The van der Waals surface area contributed by atoms with Crippen molar-refractivity contribution >= 4 is 31.6 Å². The zero-order chi connectivity index (χ0) is 15.6. The van der Waals surface area contributed by atoms with Crippen LogP contribution in [0.25, 0.3) is 0 Å². The van der Waals surface area contributed by atoms with E-state index in [0.29, 0.717) is 15.7 Å². The molecule has 0 spiro atoms. The molecule has 0 aliphatic carbocycles. The van der Waals surface area contributed by atoms with Crippen molar-refractivity contribution in [2.24, 2.45) is 0 Å². The fraction of sp³-hybridized carbons (Fsp3) is 0.200. The number of rotatable bonds is 4. The normalized spacial score (nSPS) is 11.4. The summed E-state index contributed by atoms with van der Waals surface area (Å²) in [5, 5.41) is 9.11. The number of aliphatic hydroxyl groups is 1. The minimum absolute atomic E-state index is 0.126. The van der Waals surface area contributed by atoms with Crippen LogP contribution in [0.2, 0.25) is 0 Å². The minimum atomic E-state index is -3.69. The Morgan fingerprint density at radius 2 is 1.90 bits per heavy atom. The van der Waals surface area contributed by atoms with Crippen molar-refractivity contribution in [3.05, 3.63) is 57.6 Å². The molecule has 0 aliphatic heterocycles. The van der Waals surface area contributed by atoms with Crippen LogP contribution in [-0.4, -0.2) is 13.5 Å². The standard InChI is InChI=1S/C15H16BrNO3S/c1-10-6-11(2)15(14(16)7-10)17-21(19,20)13-5-3-4-12(8-13)9-18/h3-8,17-18H,9H2,1-2H3. The van der Waals surface area contributed by atoms with Crippen LogP contribution < -0.4 is 4.72 Å². The zero-order valence-electron chi connectivity index (χ0n) is 11.7. The second-order valence-corrected chi connectivity index (χ2v) is 7.39. The number of sulfonamides is 1. The van der Waals surface area contributed by atoms with Crippen LogP contribution >= 0.6 is 15.9 Å². The summed E-state index contributed by atoms with van der Waals surface area (Å²) >= 11 is 3.38. The first-order chi connectivity index (χ1) is 9.83. The Bertz CT molecular complexity index is 749. The SMILES string of the molecule is Cc1cc(C)c(NS(=O)(=O)c2cccc(CO)c2)c(Br)c1. The van der Waals surface area contributed by atoms with E-state index >= 15 is 0 Å². The van der Waals surface area contributed by atoms with E-state index in [1.165, 1.54) is 12.1 Å². The maximum absolute atomic E-state index is 12.4. The maximum Gasteiger partial charge on any atom is 0.261 e. The van der Waals surface area contributed by atoms with E-state index < -0.39 is 10.0 Å². The molecule has 2 aromatic carbocycles. The summed E-state index contributed by atoms with van der Waals surface area (Å²) in [6, 6.07) is 10.0. The monoisotopic (exact) mass is 369 g/mol. The number of anilines is 1. The number of aryl methyl sites for hydroxylation is 2. The van der Waals surface area contributed by atoms with Crippen LogP contribution in [0.1, 0.15) is 16.7 Å². The molecule has 0 heterocycles. The topological polar surface area (TPSA) is 66.4 Å². The average molecular weight is 370 g/mol. The van der Waals surface area contributed by atoms with Gasteiger partial charge in [0.15, 0.2) is 0 Å². The molecule has 0 bridgehead atoms. The second kappa shape index (κ2) is 6.17. The minimum Gasteiger partial charge on any atom is -0.392 e. The van der Waals surface area contributed by atoms with E-state index in [-0.39, 0.29) is 11.5 Å². The van der Waals surface area contributed by atoms with Crippen molar-refractivity contribution in [1.82, 2.24) is 0 Å². The lowest BCUT2D eigenvalue weighted by Crippen LogP contribution is -2.14. The molecule has 0 atom stereocenters. The van der Waals surface area contributed by atoms with Gasteiger partial charge in [-0.1, -0.05) is 18.2 Å². The van der Waals surface area contributed by atoms with Gasteiger partial charge in [-0.05, 0) is 64.7 Å². The fourth-order valence-electron chi connectivity index (χ4n) is 2.05. The predicted molar refractivity (Wildman–Crippen MR) is 86.8 cm³/mol. The first-order valence-electron chi connectivity index (χ1n) is 6.33. The Labute approximate surface area is 133 Å². The largest absolute Gasteiger partial charge is 0.392 e. The highest BCUT2D eigenvalue weighted by molar-refractivity contribution is 9.10. The Morgan fingerprint density at radius 1 is 1.19 bits per heavy atom. The molecule has 0 saturated carbocycles. The molecule has 0 radical (unpaired) electrons. The molecule has 2 rings (SSSR count). The highest BCUT2D eigenvalue weighted by Gasteiger charge is 2.17. The van der Waals surface area contributed by atoms with Crippen molar-refractivity contribution < 1.29 is 13.5 Å². The van der Waals surface area contributed by atoms with Crippen LogP contribution in [-0.2, 0) is 16.6 Å². The first kappa shape index (κ1) is 16.0. The quantitative estimate of drug-likeness (QED) is 0.867. The third kappa shape index (κ3) is 3.64. The molecule has 2 aromatic rings. The van der Waals surface area contributed by atoms with Crippen molar-refractivity contribution in [3.63, 3.8) is 0 Å². The molecule has 0 unspecified atom stereocenters. The number of halogens is 1. The van der Waals surface area contributed by atoms with E-state index in [1.807, 2.05) is 26.0 Å². The molecule has 4 nitrogen and oxygen atoms in total. The predicted octanol–water partition coefficient (Wildman–Crippen LogP) is 3.36. The molecular formula is C15H16BrNO3S. The molecule has 0 amide bonds. The van der Waals surface area contributed by atoms with E-state index in [0.717, 1.165) is 11.1 Å².